The number of hydrogen-bond donors (Lipinski definition) is 2. The third-order valence-corrected chi connectivity index (χ3v) is 4.56. The summed E-state index contributed by atoms with van der Waals surface area (Å²) in [5, 5.41) is 0.102. The molecule has 21 heavy (non-hydrogen) atoms. The molecule has 1 unspecified atom stereocenters. The van der Waals surface area contributed by atoms with Gasteiger partial charge in [-0.25, -0.2) is 18.1 Å². The van der Waals surface area contributed by atoms with Gasteiger partial charge in [0.25, 0.3) is 10.0 Å². The molecule has 1 aromatic carbocycles. The summed E-state index contributed by atoms with van der Waals surface area (Å²) < 4.78 is 27.6. The molecule has 1 heterocycles. The standard InChI is InChI=1S/C15H21N3O2S/c1-11(2)9-14(13-7-5-4-6-8-13)18-21(19,20)15-10-16-12(3)17-15/h4-8,10-11,14,18H,9H2,1-3H3,(H,16,17). The van der Waals surface area contributed by atoms with E-state index in [1.54, 1.807) is 6.92 Å². The Bertz CT molecular complexity index is 678. The normalized spacial score (nSPS) is 13.5. The average Bonchev–Trinajstić information content (AvgIpc) is 2.86. The minimum atomic E-state index is -3.60. The largest absolute Gasteiger partial charge is 0.332 e. The van der Waals surface area contributed by atoms with Crippen molar-refractivity contribution in [1.82, 2.24) is 14.7 Å². The fraction of sp³-hybridized carbons (Fsp3) is 0.400. The van der Waals surface area contributed by atoms with Crippen molar-refractivity contribution in [2.75, 3.05) is 0 Å². The van der Waals surface area contributed by atoms with E-state index in [-0.39, 0.29) is 11.1 Å². The molecule has 0 saturated heterocycles. The number of hydrogen-bond acceptors (Lipinski definition) is 3. The van der Waals surface area contributed by atoms with Crippen LogP contribution in [0.2, 0.25) is 0 Å². The Balaban J connectivity index is 2.27. The zero-order chi connectivity index (χ0) is 15.5. The van der Waals surface area contributed by atoms with Crippen molar-refractivity contribution in [1.29, 1.82) is 0 Å². The highest BCUT2D eigenvalue weighted by molar-refractivity contribution is 7.89. The maximum atomic E-state index is 12.4. The van der Waals surface area contributed by atoms with Crippen LogP contribution in [-0.2, 0) is 10.0 Å². The second-order valence-corrected chi connectivity index (χ2v) is 7.23. The lowest BCUT2D eigenvalue weighted by molar-refractivity contribution is 0.471. The Morgan fingerprint density at radius 3 is 2.43 bits per heavy atom. The number of nitrogens with zero attached hydrogens (tertiary/aromatic N) is 1. The summed E-state index contributed by atoms with van der Waals surface area (Å²) in [4.78, 5) is 6.71. The first-order valence-corrected chi connectivity index (χ1v) is 8.45. The van der Waals surface area contributed by atoms with Crippen molar-refractivity contribution in [2.45, 2.75) is 38.3 Å². The van der Waals surface area contributed by atoms with Gasteiger partial charge in [-0.2, -0.15) is 0 Å². The highest BCUT2D eigenvalue weighted by Crippen LogP contribution is 2.23. The van der Waals surface area contributed by atoms with Gasteiger partial charge >= 0.3 is 0 Å². The topological polar surface area (TPSA) is 74.8 Å². The number of imidazole rings is 1. The van der Waals surface area contributed by atoms with Gasteiger partial charge in [-0.05, 0) is 24.8 Å². The Kier molecular flexibility index (Phi) is 4.80. The summed E-state index contributed by atoms with van der Waals surface area (Å²) >= 11 is 0. The molecule has 0 radical (unpaired) electrons. The van der Waals surface area contributed by atoms with Crippen LogP contribution in [0.4, 0.5) is 0 Å². The molecule has 2 rings (SSSR count). The predicted molar refractivity (Wildman–Crippen MR) is 82.3 cm³/mol. The molecule has 0 spiro atoms. The number of sulfonamides is 1. The van der Waals surface area contributed by atoms with Crippen LogP contribution < -0.4 is 4.72 Å². The Morgan fingerprint density at radius 1 is 1.24 bits per heavy atom. The number of aromatic nitrogens is 2. The van der Waals surface area contributed by atoms with E-state index in [4.69, 9.17) is 0 Å². The third-order valence-electron chi connectivity index (χ3n) is 3.18. The molecule has 1 atom stereocenters. The molecular formula is C15H21N3O2S. The van der Waals surface area contributed by atoms with Crippen molar-refractivity contribution < 1.29 is 8.42 Å². The molecule has 0 aliphatic carbocycles. The maximum Gasteiger partial charge on any atom is 0.258 e. The minimum absolute atomic E-state index is 0.102. The number of rotatable bonds is 6. The molecule has 0 aliphatic rings. The quantitative estimate of drug-likeness (QED) is 0.861. The van der Waals surface area contributed by atoms with Crippen molar-refractivity contribution in [3.8, 4) is 0 Å². The van der Waals surface area contributed by atoms with E-state index in [0.717, 1.165) is 12.0 Å². The maximum absolute atomic E-state index is 12.4. The van der Waals surface area contributed by atoms with E-state index in [1.165, 1.54) is 6.20 Å². The first-order chi connectivity index (χ1) is 9.88. The molecule has 0 fully saturated rings. The van der Waals surface area contributed by atoms with Crippen LogP contribution in [0.5, 0.6) is 0 Å². The monoisotopic (exact) mass is 307 g/mol. The van der Waals surface area contributed by atoms with Gasteiger partial charge in [0, 0.05) is 6.04 Å². The Hall–Kier alpha value is -1.66. The van der Waals surface area contributed by atoms with Crippen LogP contribution in [-0.4, -0.2) is 18.4 Å². The first-order valence-electron chi connectivity index (χ1n) is 6.97. The molecule has 6 heteroatoms. The van der Waals surface area contributed by atoms with Crippen LogP contribution in [0.3, 0.4) is 0 Å². The van der Waals surface area contributed by atoms with Crippen molar-refractivity contribution in [3.63, 3.8) is 0 Å². The molecule has 5 nitrogen and oxygen atoms in total. The van der Waals surface area contributed by atoms with Crippen molar-refractivity contribution in [2.24, 2.45) is 5.92 Å². The molecule has 1 aromatic heterocycles. The highest BCUT2D eigenvalue weighted by Gasteiger charge is 2.23. The lowest BCUT2D eigenvalue weighted by atomic mass is 9.98. The fourth-order valence-electron chi connectivity index (χ4n) is 2.19. The molecule has 2 aromatic rings. The SMILES string of the molecule is Cc1ncc(S(=O)(=O)NC(CC(C)C)c2ccccc2)[nH]1. The first kappa shape index (κ1) is 15.7. The summed E-state index contributed by atoms with van der Waals surface area (Å²) in [5.74, 6) is 0.955. The van der Waals surface area contributed by atoms with Gasteiger partial charge in [-0.3, -0.25) is 0 Å². The smallest absolute Gasteiger partial charge is 0.258 e. The molecular weight excluding hydrogens is 286 g/mol. The van der Waals surface area contributed by atoms with Crippen LogP contribution in [0.1, 0.15) is 37.7 Å². The fourth-order valence-corrected chi connectivity index (χ4v) is 3.40. The molecule has 0 aliphatic heterocycles. The predicted octanol–water partition coefficient (Wildman–Crippen LogP) is 2.78. The second-order valence-electron chi connectivity index (χ2n) is 5.55. The summed E-state index contributed by atoms with van der Waals surface area (Å²) in [7, 11) is -3.60. The lowest BCUT2D eigenvalue weighted by Crippen LogP contribution is -2.30. The summed E-state index contributed by atoms with van der Waals surface area (Å²) in [5.41, 5.74) is 0.964. The minimum Gasteiger partial charge on any atom is -0.332 e. The third kappa shape index (κ3) is 4.15. The summed E-state index contributed by atoms with van der Waals surface area (Å²) in [6, 6.07) is 9.37. The van der Waals surface area contributed by atoms with Crippen LogP contribution >= 0.6 is 0 Å². The zero-order valence-corrected chi connectivity index (χ0v) is 13.3. The van der Waals surface area contributed by atoms with E-state index in [0.29, 0.717) is 11.7 Å². The molecule has 0 saturated carbocycles. The van der Waals surface area contributed by atoms with E-state index in [1.807, 2.05) is 30.3 Å². The van der Waals surface area contributed by atoms with Gasteiger partial charge in [0.2, 0.25) is 0 Å². The second kappa shape index (κ2) is 6.41. The molecule has 0 bridgehead atoms. The Labute approximate surface area is 125 Å². The number of aromatic amines is 1. The zero-order valence-electron chi connectivity index (χ0n) is 12.5. The van der Waals surface area contributed by atoms with Crippen LogP contribution in [0, 0.1) is 12.8 Å². The van der Waals surface area contributed by atoms with E-state index >= 15 is 0 Å². The molecule has 2 N–H and O–H groups in total. The van der Waals surface area contributed by atoms with Gasteiger partial charge < -0.3 is 4.98 Å². The van der Waals surface area contributed by atoms with Gasteiger partial charge in [-0.1, -0.05) is 44.2 Å². The number of aryl methyl sites for hydroxylation is 1. The van der Waals surface area contributed by atoms with Gasteiger partial charge in [0.1, 0.15) is 5.82 Å². The van der Waals surface area contributed by atoms with Gasteiger partial charge in [-0.15, -0.1) is 0 Å². The van der Waals surface area contributed by atoms with E-state index in [2.05, 4.69) is 28.5 Å². The lowest BCUT2D eigenvalue weighted by Gasteiger charge is -2.20. The van der Waals surface area contributed by atoms with Crippen molar-refractivity contribution >= 4 is 10.0 Å². The number of nitrogens with one attached hydrogen (secondary N) is 2. The summed E-state index contributed by atoms with van der Waals surface area (Å²) in [6.07, 6.45) is 2.07. The molecule has 114 valence electrons. The average molecular weight is 307 g/mol. The van der Waals surface area contributed by atoms with Gasteiger partial charge in [0.05, 0.1) is 6.20 Å². The van der Waals surface area contributed by atoms with Crippen LogP contribution in [0.15, 0.2) is 41.6 Å². The van der Waals surface area contributed by atoms with Crippen LogP contribution in [0.25, 0.3) is 0 Å². The highest BCUT2D eigenvalue weighted by atomic mass is 32.2. The van der Waals surface area contributed by atoms with E-state index < -0.39 is 10.0 Å². The Morgan fingerprint density at radius 2 is 1.90 bits per heavy atom. The van der Waals surface area contributed by atoms with E-state index in [9.17, 15) is 8.42 Å². The number of H-pyrrole nitrogens is 1. The molecule has 0 amide bonds. The van der Waals surface area contributed by atoms with Crippen molar-refractivity contribution in [3.05, 3.63) is 47.9 Å². The summed E-state index contributed by atoms with van der Waals surface area (Å²) in [6.45, 7) is 5.87. The number of benzene rings is 1. The van der Waals surface area contributed by atoms with Gasteiger partial charge in [0.15, 0.2) is 5.03 Å².